The lowest BCUT2D eigenvalue weighted by Crippen LogP contribution is -2.38. The number of aryl methyl sites for hydroxylation is 1. The van der Waals surface area contributed by atoms with Crippen molar-refractivity contribution < 1.29 is 9.53 Å². The molecule has 0 aliphatic heterocycles. The molecule has 1 heterocycles. The molecule has 3 aromatic carbocycles. The van der Waals surface area contributed by atoms with Crippen molar-refractivity contribution in [3.63, 3.8) is 0 Å². The monoisotopic (exact) mass is 489 g/mol. The molecule has 0 spiro atoms. The average molecular weight is 490 g/mol. The Bertz CT molecular complexity index is 1450. The molecule has 0 saturated heterocycles. The largest absolute Gasteiger partial charge is 0.495 e. The van der Waals surface area contributed by atoms with Gasteiger partial charge in [0.1, 0.15) is 11.6 Å². The first kappa shape index (κ1) is 24.5. The van der Waals surface area contributed by atoms with Crippen LogP contribution in [0.15, 0.2) is 71.5 Å². The topological polar surface area (TPSA) is 64.4 Å². The van der Waals surface area contributed by atoms with Gasteiger partial charge < -0.3 is 9.64 Å². The van der Waals surface area contributed by atoms with Gasteiger partial charge in [-0.05, 0) is 62.2 Å². The van der Waals surface area contributed by atoms with Crippen LogP contribution in [0, 0.1) is 6.92 Å². The van der Waals surface area contributed by atoms with E-state index in [-0.39, 0.29) is 11.5 Å². The van der Waals surface area contributed by atoms with E-state index in [0.29, 0.717) is 45.3 Å². The fourth-order valence-corrected chi connectivity index (χ4v) is 4.50. The second kappa shape index (κ2) is 10.3. The number of rotatable bonds is 7. The van der Waals surface area contributed by atoms with Crippen LogP contribution < -0.4 is 10.3 Å². The number of benzene rings is 3. The Labute approximate surface area is 209 Å². The van der Waals surface area contributed by atoms with E-state index in [1.165, 1.54) is 0 Å². The van der Waals surface area contributed by atoms with Crippen LogP contribution in [0.3, 0.4) is 0 Å². The molecule has 0 aliphatic carbocycles. The minimum atomic E-state index is -0.527. The van der Waals surface area contributed by atoms with Gasteiger partial charge >= 0.3 is 0 Å². The summed E-state index contributed by atoms with van der Waals surface area (Å²) in [7, 11) is 1.57. The van der Waals surface area contributed by atoms with Gasteiger partial charge in [-0.1, -0.05) is 48.9 Å². The molecular weight excluding hydrogens is 462 g/mol. The summed E-state index contributed by atoms with van der Waals surface area (Å²) in [4.78, 5) is 34.1. The third-order valence-corrected chi connectivity index (χ3v) is 6.38. The minimum absolute atomic E-state index is 0.213. The lowest BCUT2D eigenvalue weighted by atomic mass is 10.1. The fraction of sp³-hybridized carbons (Fsp3) is 0.250. The van der Waals surface area contributed by atoms with E-state index in [1.54, 1.807) is 46.9 Å². The number of hydrogen-bond donors (Lipinski definition) is 0. The van der Waals surface area contributed by atoms with Crippen LogP contribution in [-0.2, 0) is 0 Å². The zero-order valence-corrected chi connectivity index (χ0v) is 21.0. The van der Waals surface area contributed by atoms with Crippen molar-refractivity contribution in [3.8, 4) is 11.4 Å². The van der Waals surface area contributed by atoms with E-state index >= 15 is 0 Å². The molecule has 1 aromatic heterocycles. The molecule has 0 radical (unpaired) electrons. The Kier molecular flexibility index (Phi) is 7.22. The molecule has 7 heteroatoms. The number of amides is 1. The zero-order valence-electron chi connectivity index (χ0n) is 20.3. The van der Waals surface area contributed by atoms with Crippen LogP contribution in [0.25, 0.3) is 16.6 Å². The molecule has 0 N–H and O–H groups in total. The van der Waals surface area contributed by atoms with Gasteiger partial charge in [0.05, 0.1) is 40.3 Å². The van der Waals surface area contributed by atoms with Crippen LogP contribution in [0.2, 0.25) is 5.02 Å². The predicted molar refractivity (Wildman–Crippen MR) is 140 cm³/mol. The molecule has 0 bridgehead atoms. The van der Waals surface area contributed by atoms with Crippen LogP contribution in [0.4, 0.5) is 0 Å². The number of methoxy groups -OCH3 is 1. The first-order chi connectivity index (χ1) is 16.9. The SMILES string of the molecule is CCCN(C(=O)c1ccccc1Cl)C(C)c1nc2ccccc2c(=O)n1-c1cc(C)ccc1OC. The summed E-state index contributed by atoms with van der Waals surface area (Å²) in [5.41, 5.74) is 2.32. The molecule has 35 heavy (non-hydrogen) atoms. The lowest BCUT2D eigenvalue weighted by Gasteiger charge is -2.31. The fourth-order valence-electron chi connectivity index (χ4n) is 4.28. The maximum absolute atomic E-state index is 13.9. The van der Waals surface area contributed by atoms with Crippen molar-refractivity contribution in [2.45, 2.75) is 33.2 Å². The Balaban J connectivity index is 1.98. The summed E-state index contributed by atoms with van der Waals surface area (Å²) in [6.45, 7) is 6.32. The van der Waals surface area contributed by atoms with E-state index < -0.39 is 6.04 Å². The van der Waals surface area contributed by atoms with E-state index in [2.05, 4.69) is 0 Å². The number of nitrogens with zero attached hydrogens (tertiary/aromatic N) is 3. The highest BCUT2D eigenvalue weighted by Crippen LogP contribution is 2.30. The number of fused-ring (bicyclic) bond motifs is 1. The molecule has 1 atom stereocenters. The van der Waals surface area contributed by atoms with Crippen molar-refractivity contribution in [2.24, 2.45) is 0 Å². The Morgan fingerprint density at radius 1 is 1.11 bits per heavy atom. The van der Waals surface area contributed by atoms with Gasteiger partial charge in [0.25, 0.3) is 11.5 Å². The van der Waals surface area contributed by atoms with Gasteiger partial charge in [-0.25, -0.2) is 4.98 Å². The van der Waals surface area contributed by atoms with Gasteiger partial charge in [-0.2, -0.15) is 0 Å². The average Bonchev–Trinajstić information content (AvgIpc) is 2.86. The highest BCUT2D eigenvalue weighted by molar-refractivity contribution is 6.33. The molecule has 1 amide bonds. The van der Waals surface area contributed by atoms with Gasteiger partial charge in [0.2, 0.25) is 0 Å². The molecule has 4 rings (SSSR count). The number of carbonyl (C=O) groups excluding carboxylic acids is 1. The number of carbonyl (C=O) groups is 1. The maximum atomic E-state index is 13.9. The molecule has 4 aromatic rings. The summed E-state index contributed by atoms with van der Waals surface area (Å²) in [5, 5.41) is 0.876. The van der Waals surface area contributed by atoms with E-state index in [0.717, 1.165) is 12.0 Å². The van der Waals surface area contributed by atoms with Crippen molar-refractivity contribution in [2.75, 3.05) is 13.7 Å². The van der Waals surface area contributed by atoms with Crippen LogP contribution >= 0.6 is 11.6 Å². The summed E-state index contributed by atoms with van der Waals surface area (Å²) in [6, 6.07) is 19.4. The third-order valence-electron chi connectivity index (χ3n) is 6.05. The van der Waals surface area contributed by atoms with Crippen molar-refractivity contribution >= 4 is 28.4 Å². The molecule has 0 aliphatic rings. The third kappa shape index (κ3) is 4.66. The number of aromatic nitrogens is 2. The van der Waals surface area contributed by atoms with Crippen LogP contribution in [-0.4, -0.2) is 34.0 Å². The van der Waals surface area contributed by atoms with E-state index in [9.17, 15) is 9.59 Å². The standard InChI is InChI=1S/C28H28ClN3O3/c1-5-16-31(27(33)20-10-6-8-12-22(20)29)19(3)26-30-23-13-9-7-11-21(23)28(34)32(26)24-17-18(2)14-15-25(24)35-4/h6-15,17,19H,5,16H2,1-4H3. The van der Waals surface area contributed by atoms with Gasteiger partial charge in [0, 0.05) is 6.54 Å². The maximum Gasteiger partial charge on any atom is 0.266 e. The normalized spacial score (nSPS) is 11.9. The van der Waals surface area contributed by atoms with Gasteiger partial charge in [0.15, 0.2) is 0 Å². The Morgan fingerprint density at radius 2 is 1.83 bits per heavy atom. The number of ether oxygens (including phenoxy) is 1. The number of para-hydroxylation sites is 1. The highest BCUT2D eigenvalue weighted by Gasteiger charge is 2.28. The highest BCUT2D eigenvalue weighted by atomic mass is 35.5. The van der Waals surface area contributed by atoms with Crippen molar-refractivity contribution in [3.05, 3.63) is 99.1 Å². The summed E-state index contributed by atoms with van der Waals surface area (Å²) in [6.07, 6.45) is 0.728. The second-order valence-electron chi connectivity index (χ2n) is 8.46. The molecule has 180 valence electrons. The molecule has 0 saturated carbocycles. The summed E-state index contributed by atoms with van der Waals surface area (Å²) < 4.78 is 7.18. The lowest BCUT2D eigenvalue weighted by molar-refractivity contribution is 0.0681. The predicted octanol–water partition coefficient (Wildman–Crippen LogP) is 5.97. The first-order valence-electron chi connectivity index (χ1n) is 11.6. The quantitative estimate of drug-likeness (QED) is 0.321. The first-order valence-corrected chi connectivity index (χ1v) is 12.0. The molecule has 6 nitrogen and oxygen atoms in total. The number of halogens is 1. The summed E-state index contributed by atoms with van der Waals surface area (Å²) >= 11 is 6.37. The molecule has 0 fully saturated rings. The smallest absolute Gasteiger partial charge is 0.266 e. The van der Waals surface area contributed by atoms with Gasteiger partial charge in [-0.15, -0.1) is 0 Å². The molecular formula is C28H28ClN3O3. The van der Waals surface area contributed by atoms with Gasteiger partial charge in [-0.3, -0.25) is 14.2 Å². The minimum Gasteiger partial charge on any atom is -0.495 e. The number of hydrogen-bond acceptors (Lipinski definition) is 4. The molecule has 1 unspecified atom stereocenters. The Hall–Kier alpha value is -3.64. The summed E-state index contributed by atoms with van der Waals surface area (Å²) in [5.74, 6) is 0.782. The van der Waals surface area contributed by atoms with E-state index in [1.807, 2.05) is 57.2 Å². The van der Waals surface area contributed by atoms with Crippen molar-refractivity contribution in [1.29, 1.82) is 0 Å². The Morgan fingerprint density at radius 3 is 2.54 bits per heavy atom. The van der Waals surface area contributed by atoms with E-state index in [4.69, 9.17) is 21.3 Å². The van der Waals surface area contributed by atoms with Crippen molar-refractivity contribution in [1.82, 2.24) is 14.5 Å². The zero-order chi connectivity index (χ0) is 25.1. The van der Waals surface area contributed by atoms with Crippen LogP contribution in [0.5, 0.6) is 5.75 Å². The van der Waals surface area contributed by atoms with Crippen LogP contribution in [0.1, 0.15) is 48.1 Å². The second-order valence-corrected chi connectivity index (χ2v) is 8.86.